The predicted molar refractivity (Wildman–Crippen MR) is 71.4 cm³/mol. The number of aromatic nitrogens is 2. The van der Waals surface area contributed by atoms with Gasteiger partial charge in [0, 0.05) is 26.0 Å². The molecule has 2 rings (SSSR count). The van der Waals surface area contributed by atoms with E-state index in [0.29, 0.717) is 12.5 Å². The number of nitrogens with two attached hydrogens (primary N) is 1. The predicted octanol–water partition coefficient (Wildman–Crippen LogP) is 1.83. The molecule has 5 heteroatoms. The third-order valence-corrected chi connectivity index (χ3v) is 2.70. The largest absolute Gasteiger partial charge is 0.461 e. The van der Waals surface area contributed by atoms with Gasteiger partial charge < -0.3 is 15.1 Å². The molecule has 0 aromatic carbocycles. The van der Waals surface area contributed by atoms with Crippen molar-refractivity contribution in [2.75, 3.05) is 25.0 Å². The van der Waals surface area contributed by atoms with Crippen LogP contribution in [-0.4, -0.2) is 30.1 Å². The van der Waals surface area contributed by atoms with Crippen molar-refractivity contribution in [1.29, 1.82) is 0 Å². The van der Waals surface area contributed by atoms with E-state index in [1.54, 1.807) is 12.4 Å². The zero-order valence-electron chi connectivity index (χ0n) is 10.8. The Morgan fingerprint density at radius 2 is 2.00 bits per heavy atom. The molecule has 18 heavy (non-hydrogen) atoms. The van der Waals surface area contributed by atoms with Gasteiger partial charge in [-0.25, -0.2) is 9.97 Å². The summed E-state index contributed by atoms with van der Waals surface area (Å²) in [4.78, 5) is 10.7. The van der Waals surface area contributed by atoms with Crippen LogP contribution < -0.4 is 10.6 Å². The monoisotopic (exact) mass is 246 g/mol. The van der Waals surface area contributed by atoms with Crippen molar-refractivity contribution in [3.8, 4) is 11.3 Å². The summed E-state index contributed by atoms with van der Waals surface area (Å²) in [6.45, 7) is 3.45. The highest BCUT2D eigenvalue weighted by molar-refractivity contribution is 5.55. The molecule has 0 atom stereocenters. The lowest BCUT2D eigenvalue weighted by Crippen LogP contribution is -2.22. The number of hydrogen-bond acceptors (Lipinski definition) is 5. The Labute approximate surface area is 107 Å². The summed E-state index contributed by atoms with van der Waals surface area (Å²) in [5.74, 6) is 2.38. The second-order valence-corrected chi connectivity index (χ2v) is 4.25. The molecule has 96 valence electrons. The lowest BCUT2D eigenvalue weighted by molar-refractivity contribution is 0.548. The maximum atomic E-state index is 5.52. The summed E-state index contributed by atoms with van der Waals surface area (Å²) >= 11 is 0. The van der Waals surface area contributed by atoms with Crippen LogP contribution in [-0.2, 0) is 0 Å². The van der Waals surface area contributed by atoms with E-state index >= 15 is 0 Å². The van der Waals surface area contributed by atoms with Crippen LogP contribution in [0.3, 0.4) is 0 Å². The van der Waals surface area contributed by atoms with Crippen molar-refractivity contribution in [1.82, 2.24) is 9.97 Å². The van der Waals surface area contributed by atoms with Crippen molar-refractivity contribution in [3.63, 3.8) is 0 Å². The number of hydrogen-bond donors (Lipinski definition) is 1. The van der Waals surface area contributed by atoms with E-state index in [9.17, 15) is 0 Å². The zero-order chi connectivity index (χ0) is 13.0. The van der Waals surface area contributed by atoms with Gasteiger partial charge in [0.25, 0.3) is 0 Å². The quantitative estimate of drug-likeness (QED) is 0.871. The molecular formula is C13H18N4O. The fraction of sp³-hybridized carbons (Fsp3) is 0.385. The van der Waals surface area contributed by atoms with Crippen LogP contribution in [0.15, 0.2) is 28.9 Å². The Balaban J connectivity index is 2.10. The summed E-state index contributed by atoms with van der Waals surface area (Å²) < 4.78 is 5.52. The van der Waals surface area contributed by atoms with E-state index in [1.807, 2.05) is 31.0 Å². The minimum Gasteiger partial charge on any atom is -0.461 e. The van der Waals surface area contributed by atoms with Crippen LogP contribution >= 0.6 is 0 Å². The van der Waals surface area contributed by atoms with Crippen molar-refractivity contribution in [3.05, 3.63) is 30.3 Å². The summed E-state index contributed by atoms with van der Waals surface area (Å²) in [5.41, 5.74) is 6.37. The van der Waals surface area contributed by atoms with Crippen molar-refractivity contribution in [2.45, 2.75) is 13.3 Å². The third-order valence-electron chi connectivity index (χ3n) is 2.70. The molecule has 0 aliphatic rings. The Hall–Kier alpha value is -1.88. The lowest BCUT2D eigenvalue weighted by Gasteiger charge is -2.15. The number of rotatable bonds is 5. The molecule has 0 amide bonds. The second kappa shape index (κ2) is 5.64. The van der Waals surface area contributed by atoms with Gasteiger partial charge >= 0.3 is 0 Å². The maximum absolute atomic E-state index is 5.52. The molecule has 2 N–H and O–H groups in total. The number of aryl methyl sites for hydroxylation is 1. The van der Waals surface area contributed by atoms with Gasteiger partial charge in [0.05, 0.1) is 5.56 Å². The van der Waals surface area contributed by atoms with E-state index in [2.05, 4.69) is 9.97 Å². The number of anilines is 1. The average molecular weight is 246 g/mol. The first-order valence-corrected chi connectivity index (χ1v) is 6.01. The Morgan fingerprint density at radius 1 is 1.28 bits per heavy atom. The molecule has 0 radical (unpaired) electrons. The molecule has 0 fully saturated rings. The van der Waals surface area contributed by atoms with Gasteiger partial charge in [-0.2, -0.15) is 0 Å². The Bertz CT molecular complexity index is 492. The van der Waals surface area contributed by atoms with Gasteiger partial charge in [-0.05, 0) is 32.0 Å². The van der Waals surface area contributed by atoms with Crippen LogP contribution in [0.4, 0.5) is 5.95 Å². The van der Waals surface area contributed by atoms with Gasteiger partial charge in [0.15, 0.2) is 0 Å². The standard InChI is InChI=1S/C13H18N4O/c1-10-4-5-12(18-10)11-8-15-13(16-9-11)17(2)7-3-6-14/h4-5,8-9H,3,6-7,14H2,1-2H3. The minimum atomic E-state index is 0.675. The van der Waals surface area contributed by atoms with Gasteiger partial charge in [0.1, 0.15) is 11.5 Å². The minimum absolute atomic E-state index is 0.675. The first-order chi connectivity index (χ1) is 8.70. The van der Waals surface area contributed by atoms with Crippen LogP contribution in [0.2, 0.25) is 0 Å². The number of nitrogens with zero attached hydrogens (tertiary/aromatic N) is 3. The van der Waals surface area contributed by atoms with Crippen molar-refractivity contribution < 1.29 is 4.42 Å². The smallest absolute Gasteiger partial charge is 0.225 e. The summed E-state index contributed by atoms with van der Waals surface area (Å²) in [7, 11) is 1.96. The summed E-state index contributed by atoms with van der Waals surface area (Å²) in [5, 5.41) is 0. The molecule has 0 spiro atoms. The normalized spacial score (nSPS) is 10.6. The Kier molecular flexibility index (Phi) is 3.94. The van der Waals surface area contributed by atoms with Crippen molar-refractivity contribution in [2.24, 2.45) is 5.73 Å². The fourth-order valence-electron chi connectivity index (χ4n) is 1.66. The highest BCUT2D eigenvalue weighted by Gasteiger charge is 2.06. The molecule has 2 heterocycles. The first kappa shape index (κ1) is 12.6. The van der Waals surface area contributed by atoms with E-state index in [-0.39, 0.29) is 0 Å². The zero-order valence-corrected chi connectivity index (χ0v) is 10.8. The third kappa shape index (κ3) is 2.87. The van der Waals surface area contributed by atoms with E-state index < -0.39 is 0 Å². The van der Waals surface area contributed by atoms with Gasteiger partial charge in [-0.1, -0.05) is 0 Å². The van der Waals surface area contributed by atoms with Crippen LogP contribution in [0, 0.1) is 6.92 Å². The number of furan rings is 1. The van der Waals surface area contributed by atoms with Crippen molar-refractivity contribution >= 4 is 5.95 Å². The van der Waals surface area contributed by atoms with E-state index in [0.717, 1.165) is 30.0 Å². The molecular weight excluding hydrogens is 228 g/mol. The Morgan fingerprint density at radius 3 is 2.56 bits per heavy atom. The first-order valence-electron chi connectivity index (χ1n) is 6.01. The van der Waals surface area contributed by atoms with Crippen LogP contribution in [0.5, 0.6) is 0 Å². The van der Waals surface area contributed by atoms with Crippen LogP contribution in [0.1, 0.15) is 12.2 Å². The SMILES string of the molecule is Cc1ccc(-c2cnc(N(C)CCCN)nc2)o1. The lowest BCUT2D eigenvalue weighted by atomic mass is 10.3. The highest BCUT2D eigenvalue weighted by Crippen LogP contribution is 2.21. The molecule has 0 aliphatic carbocycles. The molecule has 0 saturated heterocycles. The molecule has 2 aromatic rings. The second-order valence-electron chi connectivity index (χ2n) is 4.25. The summed E-state index contributed by atoms with van der Waals surface area (Å²) in [6, 6.07) is 3.85. The maximum Gasteiger partial charge on any atom is 0.225 e. The molecule has 0 bridgehead atoms. The molecule has 0 saturated carbocycles. The van der Waals surface area contributed by atoms with Gasteiger partial charge in [-0.15, -0.1) is 0 Å². The molecule has 5 nitrogen and oxygen atoms in total. The topological polar surface area (TPSA) is 68.2 Å². The average Bonchev–Trinajstić information content (AvgIpc) is 2.83. The van der Waals surface area contributed by atoms with E-state index in [4.69, 9.17) is 10.2 Å². The fourth-order valence-corrected chi connectivity index (χ4v) is 1.66. The highest BCUT2D eigenvalue weighted by atomic mass is 16.3. The molecule has 0 unspecified atom stereocenters. The summed E-state index contributed by atoms with van der Waals surface area (Å²) in [6.07, 6.45) is 4.48. The molecule has 2 aromatic heterocycles. The van der Waals surface area contributed by atoms with Gasteiger partial charge in [0.2, 0.25) is 5.95 Å². The molecule has 0 aliphatic heterocycles. The van der Waals surface area contributed by atoms with Crippen LogP contribution in [0.25, 0.3) is 11.3 Å². The van der Waals surface area contributed by atoms with E-state index in [1.165, 1.54) is 0 Å². The van der Waals surface area contributed by atoms with Gasteiger partial charge in [-0.3, -0.25) is 0 Å².